The highest BCUT2D eigenvalue weighted by Crippen LogP contribution is 2.26. The Morgan fingerprint density at radius 3 is 2.77 bits per heavy atom. The SMILES string of the molecule is Cc1cccc(CC(=O)O)c1C(=O)Nc1ncc([N+](=O)[O-])s1. The van der Waals surface area contributed by atoms with Gasteiger partial charge in [0, 0.05) is 5.56 Å². The number of carbonyl (C=O) groups excluding carboxylic acids is 1. The number of carboxylic acids is 1. The lowest BCUT2D eigenvalue weighted by molar-refractivity contribution is -0.380. The monoisotopic (exact) mass is 321 g/mol. The molecule has 1 heterocycles. The number of carbonyl (C=O) groups is 2. The Bertz CT molecular complexity index is 756. The number of nitrogens with zero attached hydrogens (tertiary/aromatic N) is 2. The maximum atomic E-state index is 12.3. The van der Waals surface area contributed by atoms with Crippen molar-refractivity contribution in [3.63, 3.8) is 0 Å². The highest BCUT2D eigenvalue weighted by atomic mass is 32.1. The summed E-state index contributed by atoms with van der Waals surface area (Å²) in [6.07, 6.45) is 0.763. The van der Waals surface area contributed by atoms with Crippen molar-refractivity contribution in [3.8, 4) is 0 Å². The zero-order valence-electron chi connectivity index (χ0n) is 11.4. The van der Waals surface area contributed by atoms with Crippen LogP contribution in [0.3, 0.4) is 0 Å². The fourth-order valence-electron chi connectivity index (χ4n) is 1.93. The Balaban J connectivity index is 2.28. The molecule has 2 aromatic rings. The molecule has 2 rings (SSSR count). The van der Waals surface area contributed by atoms with Gasteiger partial charge in [0.25, 0.3) is 5.91 Å². The molecule has 2 N–H and O–H groups in total. The van der Waals surface area contributed by atoms with E-state index in [4.69, 9.17) is 5.11 Å². The van der Waals surface area contributed by atoms with Crippen LogP contribution in [0.15, 0.2) is 24.4 Å². The molecular formula is C13H11N3O5S. The number of aliphatic carboxylic acids is 1. The molecule has 1 amide bonds. The maximum absolute atomic E-state index is 12.3. The summed E-state index contributed by atoms with van der Waals surface area (Å²) in [5, 5.41) is 21.9. The summed E-state index contributed by atoms with van der Waals surface area (Å²) in [6.45, 7) is 1.69. The molecule has 8 nitrogen and oxygen atoms in total. The van der Waals surface area contributed by atoms with E-state index in [1.54, 1.807) is 25.1 Å². The van der Waals surface area contributed by atoms with Crippen LogP contribution in [0.5, 0.6) is 0 Å². The molecule has 22 heavy (non-hydrogen) atoms. The predicted octanol–water partition coefficient (Wildman–Crippen LogP) is 2.24. The zero-order chi connectivity index (χ0) is 16.3. The lowest BCUT2D eigenvalue weighted by Gasteiger charge is -2.10. The molecule has 0 aliphatic carbocycles. The first-order chi connectivity index (χ1) is 10.4. The van der Waals surface area contributed by atoms with Gasteiger partial charge in [0.05, 0.1) is 11.3 Å². The summed E-state index contributed by atoms with van der Waals surface area (Å²) in [5.74, 6) is -1.59. The highest BCUT2D eigenvalue weighted by molar-refractivity contribution is 7.18. The number of anilines is 1. The summed E-state index contributed by atoms with van der Waals surface area (Å²) in [7, 11) is 0. The molecular weight excluding hydrogens is 310 g/mol. The molecule has 0 radical (unpaired) electrons. The van der Waals surface area contributed by atoms with E-state index in [1.807, 2.05) is 0 Å². The van der Waals surface area contributed by atoms with Crippen molar-refractivity contribution >= 4 is 33.3 Å². The number of nitro groups is 1. The number of benzene rings is 1. The van der Waals surface area contributed by atoms with Crippen LogP contribution in [0.4, 0.5) is 10.1 Å². The number of aryl methyl sites for hydroxylation is 1. The van der Waals surface area contributed by atoms with Crippen LogP contribution < -0.4 is 5.32 Å². The van der Waals surface area contributed by atoms with Crippen molar-refractivity contribution in [1.29, 1.82) is 0 Å². The van der Waals surface area contributed by atoms with Gasteiger partial charge < -0.3 is 5.11 Å². The maximum Gasteiger partial charge on any atom is 0.345 e. The third kappa shape index (κ3) is 3.44. The Kier molecular flexibility index (Phi) is 4.47. The number of carboxylic acid groups (broad SMARTS) is 1. The predicted molar refractivity (Wildman–Crippen MR) is 79.2 cm³/mol. The van der Waals surface area contributed by atoms with Crippen LogP contribution in [-0.2, 0) is 11.2 Å². The second-order valence-corrected chi connectivity index (χ2v) is 5.40. The van der Waals surface area contributed by atoms with E-state index < -0.39 is 16.8 Å². The molecule has 0 spiro atoms. The molecule has 9 heteroatoms. The number of amides is 1. The van der Waals surface area contributed by atoms with Gasteiger partial charge in [-0.3, -0.25) is 25.0 Å². The lowest BCUT2D eigenvalue weighted by Crippen LogP contribution is -2.17. The van der Waals surface area contributed by atoms with Crippen molar-refractivity contribution in [2.24, 2.45) is 0 Å². The van der Waals surface area contributed by atoms with E-state index in [9.17, 15) is 19.7 Å². The van der Waals surface area contributed by atoms with Crippen LogP contribution >= 0.6 is 11.3 Å². The van der Waals surface area contributed by atoms with Gasteiger partial charge in [-0.25, -0.2) is 4.98 Å². The largest absolute Gasteiger partial charge is 0.481 e. The molecule has 0 unspecified atom stereocenters. The Morgan fingerprint density at radius 2 is 2.18 bits per heavy atom. The van der Waals surface area contributed by atoms with E-state index in [1.165, 1.54) is 0 Å². The van der Waals surface area contributed by atoms with E-state index >= 15 is 0 Å². The van der Waals surface area contributed by atoms with Gasteiger partial charge in [-0.05, 0) is 29.4 Å². The summed E-state index contributed by atoms with van der Waals surface area (Å²) in [5.41, 5.74) is 1.22. The zero-order valence-corrected chi connectivity index (χ0v) is 12.2. The van der Waals surface area contributed by atoms with Crippen LogP contribution in [0.2, 0.25) is 0 Å². The smallest absolute Gasteiger partial charge is 0.345 e. The minimum atomic E-state index is -1.05. The molecule has 0 aliphatic heterocycles. The summed E-state index contributed by atoms with van der Waals surface area (Å²) in [4.78, 5) is 36.9. The molecule has 0 bridgehead atoms. The molecule has 0 atom stereocenters. The number of nitrogens with one attached hydrogen (secondary N) is 1. The van der Waals surface area contributed by atoms with E-state index in [2.05, 4.69) is 10.3 Å². The second-order valence-electron chi connectivity index (χ2n) is 4.39. The highest BCUT2D eigenvalue weighted by Gasteiger charge is 2.19. The standard InChI is InChI=1S/C13H11N3O5S/c1-7-3-2-4-8(5-10(17)18)11(7)12(19)15-13-14-6-9(22-13)16(20)21/h2-4,6H,5H2,1H3,(H,17,18)(H,14,15,19). The molecule has 1 aromatic carbocycles. The van der Waals surface area contributed by atoms with Gasteiger partial charge >= 0.3 is 11.0 Å². The van der Waals surface area contributed by atoms with Crippen LogP contribution in [0.25, 0.3) is 0 Å². The first-order valence-electron chi connectivity index (χ1n) is 6.10. The topological polar surface area (TPSA) is 122 Å². The van der Waals surface area contributed by atoms with Gasteiger partial charge in [0.2, 0.25) is 0 Å². The van der Waals surface area contributed by atoms with Gasteiger partial charge in [-0.1, -0.05) is 18.2 Å². The van der Waals surface area contributed by atoms with Crippen LogP contribution in [-0.4, -0.2) is 26.9 Å². The number of hydrogen-bond donors (Lipinski definition) is 2. The number of thiazole rings is 1. The average molecular weight is 321 g/mol. The van der Waals surface area contributed by atoms with Crippen LogP contribution in [0.1, 0.15) is 21.5 Å². The van der Waals surface area contributed by atoms with Gasteiger partial charge in [-0.15, -0.1) is 0 Å². The molecule has 0 saturated heterocycles. The fourth-order valence-corrected chi connectivity index (χ4v) is 2.56. The normalized spacial score (nSPS) is 10.2. The molecule has 114 valence electrons. The van der Waals surface area contributed by atoms with Crippen molar-refractivity contribution in [2.75, 3.05) is 5.32 Å². The molecule has 0 aliphatic rings. The Hall–Kier alpha value is -2.81. The second kappa shape index (κ2) is 6.31. The third-order valence-corrected chi connectivity index (χ3v) is 3.69. The first-order valence-corrected chi connectivity index (χ1v) is 6.92. The lowest BCUT2D eigenvalue weighted by atomic mass is 9.99. The molecule has 1 aromatic heterocycles. The van der Waals surface area contributed by atoms with Gasteiger partial charge in [0.1, 0.15) is 6.20 Å². The van der Waals surface area contributed by atoms with Crippen molar-refractivity contribution in [2.45, 2.75) is 13.3 Å². The Labute approximate surface area is 128 Å². The van der Waals surface area contributed by atoms with Crippen molar-refractivity contribution in [3.05, 3.63) is 51.2 Å². The quantitative estimate of drug-likeness (QED) is 0.643. The van der Waals surface area contributed by atoms with Crippen molar-refractivity contribution in [1.82, 2.24) is 4.98 Å². The van der Waals surface area contributed by atoms with Crippen molar-refractivity contribution < 1.29 is 19.6 Å². The molecule has 0 saturated carbocycles. The minimum absolute atomic E-state index is 0.0845. The Morgan fingerprint density at radius 1 is 1.45 bits per heavy atom. The average Bonchev–Trinajstić information content (AvgIpc) is 2.86. The fraction of sp³-hybridized carbons (Fsp3) is 0.154. The number of rotatable bonds is 5. The third-order valence-electron chi connectivity index (χ3n) is 2.82. The van der Waals surface area contributed by atoms with Gasteiger partial charge in [0.15, 0.2) is 5.13 Å². The van der Waals surface area contributed by atoms with E-state index in [-0.39, 0.29) is 22.1 Å². The van der Waals surface area contributed by atoms with E-state index in [0.29, 0.717) is 11.1 Å². The number of hydrogen-bond acceptors (Lipinski definition) is 6. The van der Waals surface area contributed by atoms with Crippen LogP contribution in [0, 0.1) is 17.0 Å². The summed E-state index contributed by atoms with van der Waals surface area (Å²) < 4.78 is 0. The first kappa shape index (κ1) is 15.6. The van der Waals surface area contributed by atoms with Gasteiger partial charge in [-0.2, -0.15) is 0 Å². The number of aromatic nitrogens is 1. The van der Waals surface area contributed by atoms with E-state index in [0.717, 1.165) is 17.5 Å². The summed E-state index contributed by atoms with van der Waals surface area (Å²) >= 11 is 0.731. The molecule has 0 fully saturated rings. The summed E-state index contributed by atoms with van der Waals surface area (Å²) in [6, 6.07) is 4.91. The minimum Gasteiger partial charge on any atom is -0.481 e.